The first kappa shape index (κ1) is 24.6. The number of amides is 3. The summed E-state index contributed by atoms with van der Waals surface area (Å²) in [5.74, 6) is -3.26. The van der Waals surface area contributed by atoms with Gasteiger partial charge in [-0.25, -0.2) is 4.90 Å². The number of fused-ring (bicyclic) bond motifs is 5. The van der Waals surface area contributed by atoms with Gasteiger partial charge in [-0.1, -0.05) is 29.8 Å². The first-order valence-electron chi connectivity index (χ1n) is 12.9. The van der Waals surface area contributed by atoms with Gasteiger partial charge in [0.05, 0.1) is 17.5 Å². The molecule has 0 radical (unpaired) electrons. The number of aromatic amines is 1. The van der Waals surface area contributed by atoms with Crippen molar-refractivity contribution >= 4 is 57.6 Å². The number of nitrogens with one attached hydrogen (secondary N) is 3. The second-order valence-corrected chi connectivity index (χ2v) is 10.8. The fraction of sp³-hybridized carbons (Fsp3) is 0.200. The van der Waals surface area contributed by atoms with Crippen LogP contribution in [0.1, 0.15) is 18.1 Å². The van der Waals surface area contributed by atoms with Gasteiger partial charge in [-0.2, -0.15) is 0 Å². The van der Waals surface area contributed by atoms with E-state index in [0.29, 0.717) is 34.1 Å². The fourth-order valence-electron chi connectivity index (χ4n) is 6.57. The summed E-state index contributed by atoms with van der Waals surface area (Å²) >= 11 is 6.36. The number of imide groups is 1. The number of anilines is 2. The van der Waals surface area contributed by atoms with Gasteiger partial charge in [0.25, 0.3) is 0 Å². The van der Waals surface area contributed by atoms with Gasteiger partial charge in [-0.05, 0) is 60.5 Å². The molecule has 3 N–H and O–H groups in total. The average Bonchev–Trinajstić information content (AvgIpc) is 3.64. The predicted molar refractivity (Wildman–Crippen MR) is 148 cm³/mol. The van der Waals surface area contributed by atoms with Gasteiger partial charge in [-0.15, -0.1) is 0 Å². The zero-order valence-corrected chi connectivity index (χ0v) is 22.0. The molecule has 0 bridgehead atoms. The molecule has 4 atom stereocenters. The Balaban J connectivity index is 1.34. The Morgan fingerprint density at radius 1 is 1.02 bits per heavy atom. The lowest BCUT2D eigenvalue weighted by Gasteiger charge is -2.29. The molecule has 0 unspecified atom stereocenters. The summed E-state index contributed by atoms with van der Waals surface area (Å²) in [5, 5.41) is 7.78. The van der Waals surface area contributed by atoms with Gasteiger partial charge in [0.2, 0.25) is 17.7 Å². The van der Waals surface area contributed by atoms with Crippen LogP contribution in [0.4, 0.5) is 11.4 Å². The fourth-order valence-corrected chi connectivity index (χ4v) is 6.74. The zero-order valence-electron chi connectivity index (χ0n) is 21.2. The van der Waals surface area contributed by atoms with E-state index in [1.165, 1.54) is 19.1 Å². The van der Waals surface area contributed by atoms with Crippen LogP contribution in [0.15, 0.2) is 72.9 Å². The number of ether oxygens (including phenoxy) is 1. The molecule has 3 aliphatic rings. The van der Waals surface area contributed by atoms with Crippen LogP contribution in [0.25, 0.3) is 10.9 Å². The van der Waals surface area contributed by atoms with Crippen LogP contribution in [0.3, 0.4) is 0 Å². The number of para-hydroxylation sites is 1. The number of H-pyrrole nitrogens is 1. The third-order valence-electron chi connectivity index (χ3n) is 8.15. The molecule has 7 rings (SSSR count). The highest BCUT2D eigenvalue weighted by atomic mass is 35.5. The van der Waals surface area contributed by atoms with E-state index in [2.05, 4.69) is 15.6 Å². The number of nitrogens with zero attached hydrogens (tertiary/aromatic N) is 1. The van der Waals surface area contributed by atoms with Gasteiger partial charge in [0.1, 0.15) is 11.3 Å². The van der Waals surface area contributed by atoms with Gasteiger partial charge in [0, 0.05) is 46.3 Å². The zero-order chi connectivity index (χ0) is 27.8. The molecular weight excluding hydrogens is 532 g/mol. The van der Waals surface area contributed by atoms with E-state index in [1.807, 2.05) is 30.5 Å². The summed E-state index contributed by atoms with van der Waals surface area (Å²) in [7, 11) is 0. The van der Waals surface area contributed by atoms with Gasteiger partial charge in [0.15, 0.2) is 0 Å². The van der Waals surface area contributed by atoms with Crippen molar-refractivity contribution in [1.82, 2.24) is 10.3 Å². The predicted octanol–water partition coefficient (Wildman–Crippen LogP) is 3.91. The van der Waals surface area contributed by atoms with Crippen LogP contribution < -0.4 is 20.3 Å². The van der Waals surface area contributed by atoms with Crippen LogP contribution >= 0.6 is 11.6 Å². The Labute approximate surface area is 233 Å². The Morgan fingerprint density at radius 3 is 2.58 bits per heavy atom. The standard InChI is InChI=1S/C30H23ClN4O5/c1-15(36)40-19-9-7-18(8-10-19)35-27(37)25-24(12-16-14-32-22-5-3-2-4-20(16)22)34-30(26(25)28(35)38)21-13-17(31)6-11-23(21)33-29(30)39/h2-11,13-14,24-26,32,34H,12H2,1H3,(H,33,39)/t24-,25+,26-,30-/m0/s1. The number of hydrogen-bond donors (Lipinski definition) is 3. The quantitative estimate of drug-likeness (QED) is 0.200. The lowest BCUT2D eigenvalue weighted by atomic mass is 9.76. The van der Waals surface area contributed by atoms with Crippen LogP contribution in [-0.4, -0.2) is 34.7 Å². The molecule has 40 heavy (non-hydrogen) atoms. The number of rotatable bonds is 4. The maximum atomic E-state index is 14.2. The van der Waals surface area contributed by atoms with E-state index in [1.54, 1.807) is 30.3 Å². The number of benzene rings is 3. The summed E-state index contributed by atoms with van der Waals surface area (Å²) in [6.07, 6.45) is 2.31. The van der Waals surface area contributed by atoms with Crippen molar-refractivity contribution < 1.29 is 23.9 Å². The number of halogens is 1. The summed E-state index contributed by atoms with van der Waals surface area (Å²) in [6.45, 7) is 1.29. The summed E-state index contributed by atoms with van der Waals surface area (Å²) in [6, 6.07) is 18.6. The van der Waals surface area contributed by atoms with Crippen LogP contribution in [-0.2, 0) is 31.1 Å². The highest BCUT2D eigenvalue weighted by Crippen LogP contribution is 2.54. The molecule has 4 aromatic rings. The molecular formula is C30H23ClN4O5. The molecule has 3 aromatic carbocycles. The lowest BCUT2D eigenvalue weighted by molar-refractivity contribution is -0.132. The molecule has 2 fully saturated rings. The SMILES string of the molecule is CC(=O)Oc1ccc(N2C(=O)[C@@H]3[C@H](Cc4c[nH]c5ccccc45)N[C@]4(C(=O)Nc5ccc(Cl)cc54)[C@@H]3C2=O)cc1. The van der Waals surface area contributed by atoms with Crippen molar-refractivity contribution in [3.8, 4) is 5.75 Å². The van der Waals surface area contributed by atoms with Gasteiger partial charge >= 0.3 is 5.97 Å². The van der Waals surface area contributed by atoms with E-state index in [-0.39, 0.29) is 0 Å². The summed E-state index contributed by atoms with van der Waals surface area (Å²) in [4.78, 5) is 57.8. The molecule has 1 aromatic heterocycles. The number of carbonyl (C=O) groups excluding carboxylic acids is 4. The molecule has 3 amide bonds. The summed E-state index contributed by atoms with van der Waals surface area (Å²) < 4.78 is 5.11. The van der Waals surface area contributed by atoms with E-state index >= 15 is 0 Å². The van der Waals surface area contributed by atoms with Crippen molar-refractivity contribution in [2.24, 2.45) is 11.8 Å². The van der Waals surface area contributed by atoms with E-state index < -0.39 is 47.1 Å². The molecule has 4 heterocycles. The van der Waals surface area contributed by atoms with Crippen molar-refractivity contribution in [1.29, 1.82) is 0 Å². The molecule has 3 aliphatic heterocycles. The second kappa shape index (κ2) is 8.77. The van der Waals surface area contributed by atoms with Gasteiger partial charge < -0.3 is 15.0 Å². The van der Waals surface area contributed by atoms with Crippen LogP contribution in [0, 0.1) is 11.8 Å². The Morgan fingerprint density at radius 2 is 1.80 bits per heavy atom. The third kappa shape index (κ3) is 3.44. The van der Waals surface area contributed by atoms with Crippen molar-refractivity contribution in [3.05, 3.63) is 89.1 Å². The Bertz CT molecular complexity index is 1750. The smallest absolute Gasteiger partial charge is 0.308 e. The van der Waals surface area contributed by atoms with E-state index in [9.17, 15) is 19.2 Å². The molecule has 0 saturated carbocycles. The highest BCUT2D eigenvalue weighted by molar-refractivity contribution is 6.31. The third-order valence-corrected chi connectivity index (χ3v) is 8.38. The highest BCUT2D eigenvalue weighted by Gasteiger charge is 2.70. The molecule has 1 spiro atoms. The molecule has 9 nitrogen and oxygen atoms in total. The van der Waals surface area contributed by atoms with Crippen LogP contribution in [0.2, 0.25) is 5.02 Å². The number of esters is 1. The Hall–Kier alpha value is -4.47. The number of hydrogen-bond acceptors (Lipinski definition) is 6. The number of aromatic nitrogens is 1. The number of carbonyl (C=O) groups is 4. The van der Waals surface area contributed by atoms with Crippen LogP contribution in [0.5, 0.6) is 5.75 Å². The van der Waals surface area contributed by atoms with Crippen molar-refractivity contribution in [2.75, 3.05) is 10.2 Å². The molecule has 10 heteroatoms. The summed E-state index contributed by atoms with van der Waals surface area (Å²) in [5.41, 5.74) is 1.90. The van der Waals surface area contributed by atoms with Crippen molar-refractivity contribution in [2.45, 2.75) is 24.9 Å². The second-order valence-electron chi connectivity index (χ2n) is 10.4. The average molecular weight is 555 g/mol. The lowest BCUT2D eigenvalue weighted by Crippen LogP contribution is -2.53. The minimum absolute atomic E-state index is 0.296. The largest absolute Gasteiger partial charge is 0.427 e. The minimum atomic E-state index is -1.47. The minimum Gasteiger partial charge on any atom is -0.427 e. The first-order chi connectivity index (χ1) is 19.3. The van der Waals surface area contributed by atoms with E-state index in [0.717, 1.165) is 21.4 Å². The first-order valence-corrected chi connectivity index (χ1v) is 13.3. The molecule has 200 valence electrons. The topological polar surface area (TPSA) is 121 Å². The molecule has 0 aliphatic carbocycles. The maximum Gasteiger partial charge on any atom is 0.308 e. The van der Waals surface area contributed by atoms with E-state index in [4.69, 9.17) is 16.3 Å². The maximum absolute atomic E-state index is 14.2. The van der Waals surface area contributed by atoms with Crippen molar-refractivity contribution in [3.63, 3.8) is 0 Å². The van der Waals surface area contributed by atoms with Gasteiger partial charge in [-0.3, -0.25) is 24.5 Å². The molecule has 2 saturated heterocycles. The Kier molecular flexibility index (Phi) is 5.39. The normalized spacial score (nSPS) is 25.0. The monoisotopic (exact) mass is 554 g/mol.